The second-order valence-corrected chi connectivity index (χ2v) is 11.2. The minimum Gasteiger partial charge on any atom is -0.310 e. The smallest absolute Gasteiger partial charge is 0.195 e. The standard InChI is InChI=1S/C38H28N2OS/c41-38-34-24-22-32(39(29-16-8-3-9-17-29)28-14-6-1-2-7-15-28)26-36(34)42-37-27-33(23-25-35(37)38)40(30-18-10-4-11-19-30)31-20-12-5-13-21-31/h1,3-27H,2H2. The van der Waals surface area contributed by atoms with Crippen LogP contribution in [0, 0.1) is 0 Å². The maximum atomic E-state index is 13.8. The number of allylic oxidation sites excluding steroid dienone is 5. The van der Waals surface area contributed by atoms with Gasteiger partial charge in [-0.1, -0.05) is 72.8 Å². The Bertz CT molecular complexity index is 1990. The van der Waals surface area contributed by atoms with Crippen LogP contribution in [0.1, 0.15) is 6.42 Å². The van der Waals surface area contributed by atoms with E-state index < -0.39 is 0 Å². The van der Waals surface area contributed by atoms with Crippen molar-refractivity contribution in [3.05, 3.63) is 174 Å². The molecule has 7 rings (SSSR count). The van der Waals surface area contributed by atoms with Crippen molar-refractivity contribution in [2.75, 3.05) is 9.80 Å². The highest BCUT2D eigenvalue weighted by atomic mass is 32.1. The summed E-state index contributed by atoms with van der Waals surface area (Å²) < 4.78 is 1.92. The zero-order valence-corrected chi connectivity index (χ0v) is 23.7. The fraction of sp³-hybridized carbons (Fsp3) is 0.0263. The van der Waals surface area contributed by atoms with Gasteiger partial charge in [0.05, 0.1) is 0 Å². The molecule has 1 heterocycles. The van der Waals surface area contributed by atoms with Gasteiger partial charge in [0.2, 0.25) is 0 Å². The summed E-state index contributed by atoms with van der Waals surface area (Å²) >= 11 is 1.66. The van der Waals surface area contributed by atoms with Crippen LogP contribution in [0.2, 0.25) is 0 Å². The lowest BCUT2D eigenvalue weighted by Crippen LogP contribution is -2.15. The van der Waals surface area contributed by atoms with E-state index in [0.717, 1.165) is 60.7 Å². The van der Waals surface area contributed by atoms with Gasteiger partial charge in [0.15, 0.2) is 5.43 Å². The highest BCUT2D eigenvalue weighted by Crippen LogP contribution is 2.38. The van der Waals surface area contributed by atoms with E-state index >= 15 is 0 Å². The van der Waals surface area contributed by atoms with Gasteiger partial charge in [0.25, 0.3) is 0 Å². The fourth-order valence-electron chi connectivity index (χ4n) is 5.45. The summed E-state index contributed by atoms with van der Waals surface area (Å²) in [4.78, 5) is 18.2. The molecule has 0 fully saturated rings. The first-order chi connectivity index (χ1) is 20.8. The molecule has 5 aromatic carbocycles. The van der Waals surface area contributed by atoms with Gasteiger partial charge in [0, 0.05) is 54.3 Å². The summed E-state index contributed by atoms with van der Waals surface area (Å²) in [6.45, 7) is 0. The van der Waals surface area contributed by atoms with Gasteiger partial charge in [-0.2, -0.15) is 0 Å². The molecule has 0 bridgehead atoms. The number of para-hydroxylation sites is 3. The van der Waals surface area contributed by atoms with Crippen molar-refractivity contribution in [3.63, 3.8) is 0 Å². The predicted molar refractivity (Wildman–Crippen MR) is 180 cm³/mol. The Morgan fingerprint density at radius 2 is 1.02 bits per heavy atom. The van der Waals surface area contributed by atoms with Crippen LogP contribution in [0.3, 0.4) is 0 Å². The number of fused-ring (bicyclic) bond motifs is 2. The molecule has 202 valence electrons. The first-order valence-electron chi connectivity index (χ1n) is 14.1. The van der Waals surface area contributed by atoms with Crippen molar-refractivity contribution in [3.8, 4) is 0 Å². The zero-order valence-electron chi connectivity index (χ0n) is 22.9. The van der Waals surface area contributed by atoms with Gasteiger partial charge < -0.3 is 9.80 Å². The van der Waals surface area contributed by atoms with E-state index in [1.165, 1.54) is 0 Å². The van der Waals surface area contributed by atoms with Crippen LogP contribution in [-0.4, -0.2) is 0 Å². The van der Waals surface area contributed by atoms with Gasteiger partial charge >= 0.3 is 0 Å². The van der Waals surface area contributed by atoms with Gasteiger partial charge in [-0.3, -0.25) is 4.79 Å². The summed E-state index contributed by atoms with van der Waals surface area (Å²) in [7, 11) is 0. The molecule has 0 N–H and O–H groups in total. The topological polar surface area (TPSA) is 23.6 Å². The number of benzene rings is 5. The molecule has 1 aliphatic carbocycles. The molecule has 0 saturated carbocycles. The Morgan fingerprint density at radius 3 is 1.57 bits per heavy atom. The maximum absolute atomic E-state index is 13.8. The molecule has 4 heteroatoms. The Hall–Kier alpha value is -5.19. The van der Waals surface area contributed by atoms with E-state index in [2.05, 4.69) is 107 Å². The normalized spacial score (nSPS) is 12.7. The highest BCUT2D eigenvalue weighted by Gasteiger charge is 2.17. The molecule has 1 aromatic heterocycles. The van der Waals surface area contributed by atoms with Crippen LogP contribution in [-0.2, 0) is 0 Å². The molecule has 0 amide bonds. The van der Waals surface area contributed by atoms with Crippen LogP contribution in [0.5, 0.6) is 0 Å². The van der Waals surface area contributed by atoms with Gasteiger partial charge in [0.1, 0.15) is 0 Å². The average Bonchev–Trinajstić information content (AvgIpc) is 3.32. The lowest BCUT2D eigenvalue weighted by Gasteiger charge is -2.26. The Labute approximate surface area is 249 Å². The average molecular weight is 561 g/mol. The van der Waals surface area contributed by atoms with Crippen LogP contribution in [0.15, 0.2) is 168 Å². The number of nitrogens with zero attached hydrogens (tertiary/aromatic N) is 2. The van der Waals surface area contributed by atoms with E-state index in [1.807, 2.05) is 60.7 Å². The largest absolute Gasteiger partial charge is 0.310 e. The quantitative estimate of drug-likeness (QED) is 0.189. The van der Waals surface area contributed by atoms with Crippen LogP contribution in [0.25, 0.3) is 20.2 Å². The lowest BCUT2D eigenvalue weighted by molar-refractivity contribution is 1.21. The summed E-state index contributed by atoms with van der Waals surface area (Å²) in [5.74, 6) is 0. The molecular formula is C38H28N2OS. The molecule has 0 unspecified atom stereocenters. The van der Waals surface area contributed by atoms with Crippen molar-refractivity contribution in [2.45, 2.75) is 6.42 Å². The zero-order chi connectivity index (χ0) is 28.3. The molecule has 6 aromatic rings. The van der Waals surface area contributed by atoms with Crippen LogP contribution in [0.4, 0.5) is 28.4 Å². The minimum atomic E-state index is 0.0607. The predicted octanol–water partition coefficient (Wildman–Crippen LogP) is 10.4. The van der Waals surface area contributed by atoms with Crippen molar-refractivity contribution in [2.24, 2.45) is 0 Å². The lowest BCUT2D eigenvalue weighted by atomic mass is 10.1. The Morgan fingerprint density at radius 1 is 0.524 bits per heavy atom. The number of rotatable bonds is 6. The van der Waals surface area contributed by atoms with E-state index in [4.69, 9.17) is 0 Å². The second-order valence-electron chi connectivity index (χ2n) is 10.1. The van der Waals surface area contributed by atoms with Crippen molar-refractivity contribution >= 4 is 59.9 Å². The molecule has 0 saturated heterocycles. The first-order valence-corrected chi connectivity index (χ1v) is 14.9. The first kappa shape index (κ1) is 25.8. The van der Waals surface area contributed by atoms with Gasteiger partial charge in [-0.25, -0.2) is 0 Å². The maximum Gasteiger partial charge on any atom is 0.195 e. The SMILES string of the molecule is O=c1c2ccc(N(C3=CC=CCC=C3)c3ccccc3)cc2sc2cc(N(c3ccccc3)c3ccccc3)ccc12. The van der Waals surface area contributed by atoms with Crippen molar-refractivity contribution < 1.29 is 0 Å². The fourth-order valence-corrected chi connectivity index (χ4v) is 6.59. The monoisotopic (exact) mass is 560 g/mol. The number of anilines is 5. The second kappa shape index (κ2) is 11.4. The number of hydrogen-bond donors (Lipinski definition) is 0. The summed E-state index contributed by atoms with van der Waals surface area (Å²) in [6.07, 6.45) is 11.6. The van der Waals surface area contributed by atoms with E-state index in [-0.39, 0.29) is 5.43 Å². The van der Waals surface area contributed by atoms with Crippen molar-refractivity contribution in [1.82, 2.24) is 0 Å². The molecule has 3 nitrogen and oxygen atoms in total. The van der Waals surface area contributed by atoms with Crippen LogP contribution < -0.4 is 15.2 Å². The third-order valence-electron chi connectivity index (χ3n) is 7.42. The molecule has 0 atom stereocenters. The molecule has 1 aliphatic rings. The summed E-state index contributed by atoms with van der Waals surface area (Å²) in [6, 6.07) is 43.4. The molecule has 0 spiro atoms. The van der Waals surface area contributed by atoms with E-state index in [1.54, 1.807) is 11.3 Å². The Kier molecular flexibility index (Phi) is 6.97. The third-order valence-corrected chi connectivity index (χ3v) is 8.54. The molecule has 42 heavy (non-hydrogen) atoms. The molecular weight excluding hydrogens is 532 g/mol. The third kappa shape index (κ3) is 4.93. The summed E-state index contributed by atoms with van der Waals surface area (Å²) in [5.41, 5.74) is 6.36. The minimum absolute atomic E-state index is 0.0607. The van der Waals surface area contributed by atoms with Crippen LogP contribution >= 0.6 is 11.3 Å². The highest BCUT2D eigenvalue weighted by molar-refractivity contribution is 7.24. The Balaban J connectivity index is 1.39. The molecule has 0 aliphatic heterocycles. The number of hydrogen-bond acceptors (Lipinski definition) is 4. The van der Waals surface area contributed by atoms with Gasteiger partial charge in [-0.05, 0) is 91.4 Å². The summed E-state index contributed by atoms with van der Waals surface area (Å²) in [5, 5.41) is 1.48. The van der Waals surface area contributed by atoms with E-state index in [9.17, 15) is 4.79 Å². The van der Waals surface area contributed by atoms with Gasteiger partial charge in [-0.15, -0.1) is 11.3 Å². The van der Waals surface area contributed by atoms with E-state index in [0.29, 0.717) is 0 Å². The molecule has 0 radical (unpaired) electrons. The van der Waals surface area contributed by atoms with Crippen molar-refractivity contribution in [1.29, 1.82) is 0 Å².